The number of aromatic nitrogens is 2. The number of pyridine rings is 1. The van der Waals surface area contributed by atoms with Gasteiger partial charge in [-0.25, -0.2) is 0 Å². The van der Waals surface area contributed by atoms with Gasteiger partial charge in [-0.2, -0.15) is 0 Å². The van der Waals surface area contributed by atoms with Crippen LogP contribution in [0.3, 0.4) is 0 Å². The summed E-state index contributed by atoms with van der Waals surface area (Å²) in [6.07, 6.45) is 5.02. The molecule has 0 unspecified atom stereocenters. The number of nitrogens with zero attached hydrogens (tertiary/aromatic N) is 2. The molecule has 0 aliphatic heterocycles. The van der Waals surface area contributed by atoms with Crippen molar-refractivity contribution in [2.24, 2.45) is 0 Å². The molecule has 0 amide bonds. The topological polar surface area (TPSA) is 55.2 Å². The lowest BCUT2D eigenvalue weighted by Gasteiger charge is -2.32. The first-order chi connectivity index (χ1) is 10.7. The van der Waals surface area contributed by atoms with Gasteiger partial charge < -0.3 is 9.84 Å². The lowest BCUT2D eigenvalue weighted by atomic mass is 9.92. The number of aryl methyl sites for hydroxylation is 1. The van der Waals surface area contributed by atoms with Crippen molar-refractivity contribution in [3.63, 3.8) is 0 Å². The van der Waals surface area contributed by atoms with E-state index in [-0.39, 0.29) is 12.2 Å². The largest absolute Gasteiger partial charge is 0.488 e. The minimum absolute atomic E-state index is 0.0909. The summed E-state index contributed by atoms with van der Waals surface area (Å²) in [6, 6.07) is 6.30. The molecule has 4 nitrogen and oxygen atoms in total. The molecule has 4 rings (SSSR count). The van der Waals surface area contributed by atoms with Crippen LogP contribution in [0.2, 0.25) is 0 Å². The molecule has 1 aromatic carbocycles. The van der Waals surface area contributed by atoms with Gasteiger partial charge >= 0.3 is 0 Å². The smallest absolute Gasteiger partial charge is 0.148 e. The van der Waals surface area contributed by atoms with Gasteiger partial charge in [0.1, 0.15) is 11.9 Å². The van der Waals surface area contributed by atoms with Crippen LogP contribution < -0.4 is 4.74 Å². The molecular weight excluding hydrogens is 296 g/mol. The normalized spacial score (nSPS) is 20.8. The molecular formula is C17H16N2O2S. The highest BCUT2D eigenvalue weighted by molar-refractivity contribution is 7.13. The quantitative estimate of drug-likeness (QED) is 0.803. The van der Waals surface area contributed by atoms with Gasteiger partial charge in [0, 0.05) is 36.0 Å². The number of rotatable bonds is 3. The third kappa shape index (κ3) is 2.36. The molecule has 5 heteroatoms. The van der Waals surface area contributed by atoms with Gasteiger partial charge in [-0.15, -0.1) is 11.3 Å². The van der Waals surface area contributed by atoms with Crippen LogP contribution in [-0.2, 0) is 0 Å². The molecule has 0 radical (unpaired) electrons. The van der Waals surface area contributed by atoms with E-state index < -0.39 is 0 Å². The summed E-state index contributed by atoms with van der Waals surface area (Å²) in [5.74, 6) is 0.834. The molecule has 1 aliphatic rings. The van der Waals surface area contributed by atoms with E-state index in [9.17, 15) is 5.11 Å². The predicted octanol–water partition coefficient (Wildman–Crippen LogP) is 3.57. The van der Waals surface area contributed by atoms with Crippen LogP contribution in [0.1, 0.15) is 18.5 Å². The van der Waals surface area contributed by atoms with Gasteiger partial charge in [-0.1, -0.05) is 12.1 Å². The first-order valence-corrected chi connectivity index (χ1v) is 8.21. The molecule has 0 spiro atoms. The first kappa shape index (κ1) is 13.7. The van der Waals surface area contributed by atoms with E-state index >= 15 is 0 Å². The van der Waals surface area contributed by atoms with Crippen molar-refractivity contribution in [2.75, 3.05) is 0 Å². The van der Waals surface area contributed by atoms with Crippen LogP contribution in [0, 0.1) is 6.92 Å². The lowest BCUT2D eigenvalue weighted by Crippen LogP contribution is -2.37. The fraction of sp³-hybridized carbons (Fsp3) is 0.294. The van der Waals surface area contributed by atoms with Crippen molar-refractivity contribution in [3.8, 4) is 16.2 Å². The number of aliphatic hydroxyl groups excluding tert-OH is 1. The number of benzene rings is 1. The number of hydrogen-bond acceptors (Lipinski definition) is 5. The summed E-state index contributed by atoms with van der Waals surface area (Å²) < 4.78 is 6.10. The minimum Gasteiger partial charge on any atom is -0.488 e. The maximum atomic E-state index is 9.45. The standard InChI is InChI=1S/C17H16N2O2S/c1-10-17(21-14-5-13(20)6-14)15-4-11(16-8-18-9-22-16)2-3-12(15)7-19-10/h2-4,7-9,13-14,20H,5-6H2,1H3. The molecule has 0 bridgehead atoms. The van der Waals surface area contributed by atoms with Crippen molar-refractivity contribution in [1.29, 1.82) is 0 Å². The molecule has 1 N–H and O–H groups in total. The minimum atomic E-state index is -0.221. The Labute approximate surface area is 132 Å². The molecule has 0 atom stereocenters. The predicted molar refractivity (Wildman–Crippen MR) is 87.2 cm³/mol. The Morgan fingerprint density at radius 1 is 1.27 bits per heavy atom. The van der Waals surface area contributed by atoms with Crippen LogP contribution in [-0.4, -0.2) is 27.3 Å². The number of ether oxygens (including phenoxy) is 1. The number of aliphatic hydroxyl groups is 1. The second-order valence-corrected chi connectivity index (χ2v) is 6.59. The zero-order valence-corrected chi connectivity index (χ0v) is 13.0. The van der Waals surface area contributed by atoms with Gasteiger partial charge in [0.25, 0.3) is 0 Å². The maximum absolute atomic E-state index is 9.45. The molecule has 22 heavy (non-hydrogen) atoms. The van der Waals surface area contributed by atoms with Crippen LogP contribution in [0.25, 0.3) is 21.2 Å². The molecule has 1 aliphatic carbocycles. The highest BCUT2D eigenvalue weighted by atomic mass is 32.1. The van der Waals surface area contributed by atoms with E-state index in [0.717, 1.165) is 32.7 Å². The second kappa shape index (κ2) is 5.34. The van der Waals surface area contributed by atoms with Gasteiger partial charge in [-0.3, -0.25) is 9.97 Å². The molecule has 2 heterocycles. The van der Waals surface area contributed by atoms with E-state index in [1.165, 1.54) is 0 Å². The zero-order valence-electron chi connectivity index (χ0n) is 12.2. The molecule has 1 fully saturated rings. The number of fused-ring (bicyclic) bond motifs is 1. The summed E-state index contributed by atoms with van der Waals surface area (Å²) in [4.78, 5) is 9.72. The van der Waals surface area contributed by atoms with Crippen LogP contribution in [0.4, 0.5) is 0 Å². The SMILES string of the molecule is Cc1ncc2ccc(-c3cncs3)cc2c1OC1CC(O)C1. The first-order valence-electron chi connectivity index (χ1n) is 7.33. The highest BCUT2D eigenvalue weighted by Gasteiger charge is 2.30. The Morgan fingerprint density at radius 2 is 2.14 bits per heavy atom. The van der Waals surface area contributed by atoms with Crippen LogP contribution in [0.5, 0.6) is 5.75 Å². The summed E-state index contributed by atoms with van der Waals surface area (Å²) in [7, 11) is 0. The third-order valence-electron chi connectivity index (χ3n) is 4.10. The number of hydrogen-bond donors (Lipinski definition) is 1. The van der Waals surface area contributed by atoms with Crippen molar-refractivity contribution in [1.82, 2.24) is 9.97 Å². The summed E-state index contributed by atoms with van der Waals surface area (Å²) in [5, 5.41) is 11.6. The van der Waals surface area contributed by atoms with Crippen molar-refractivity contribution < 1.29 is 9.84 Å². The van der Waals surface area contributed by atoms with Gasteiger partial charge in [0.2, 0.25) is 0 Å². The van der Waals surface area contributed by atoms with E-state index in [0.29, 0.717) is 12.8 Å². The second-order valence-electron chi connectivity index (χ2n) is 5.71. The van der Waals surface area contributed by atoms with Crippen LogP contribution in [0.15, 0.2) is 36.1 Å². The average molecular weight is 312 g/mol. The Hall–Kier alpha value is -1.98. The van der Waals surface area contributed by atoms with Gasteiger partial charge in [-0.05, 0) is 18.6 Å². The fourth-order valence-electron chi connectivity index (χ4n) is 2.75. The molecule has 3 aromatic rings. The number of thiazole rings is 1. The van der Waals surface area contributed by atoms with Crippen molar-refractivity contribution in [3.05, 3.63) is 41.8 Å². The van der Waals surface area contributed by atoms with Gasteiger partial charge in [0.05, 0.1) is 22.2 Å². The summed E-state index contributed by atoms with van der Waals surface area (Å²) >= 11 is 1.62. The molecule has 2 aromatic heterocycles. The Morgan fingerprint density at radius 3 is 2.86 bits per heavy atom. The molecule has 112 valence electrons. The molecule has 1 saturated carbocycles. The van der Waals surface area contributed by atoms with E-state index in [1.807, 2.05) is 24.8 Å². The van der Waals surface area contributed by atoms with E-state index in [1.54, 1.807) is 11.3 Å². The Kier molecular flexibility index (Phi) is 3.32. The maximum Gasteiger partial charge on any atom is 0.148 e. The van der Waals surface area contributed by atoms with Crippen LogP contribution >= 0.6 is 11.3 Å². The van der Waals surface area contributed by atoms with Crippen molar-refractivity contribution >= 4 is 22.1 Å². The average Bonchev–Trinajstić information content (AvgIpc) is 3.02. The van der Waals surface area contributed by atoms with E-state index in [4.69, 9.17) is 4.74 Å². The lowest BCUT2D eigenvalue weighted by molar-refractivity contribution is -0.0105. The third-order valence-corrected chi connectivity index (χ3v) is 4.92. The van der Waals surface area contributed by atoms with Gasteiger partial charge in [0.15, 0.2) is 0 Å². The fourth-order valence-corrected chi connectivity index (χ4v) is 3.37. The molecule has 0 saturated heterocycles. The van der Waals surface area contributed by atoms with E-state index in [2.05, 4.69) is 28.2 Å². The monoisotopic (exact) mass is 312 g/mol. The summed E-state index contributed by atoms with van der Waals surface area (Å²) in [5.41, 5.74) is 3.86. The highest BCUT2D eigenvalue weighted by Crippen LogP contribution is 2.35. The Balaban J connectivity index is 1.79. The Bertz CT molecular complexity index is 811. The zero-order chi connectivity index (χ0) is 15.1. The van der Waals surface area contributed by atoms with Crippen molar-refractivity contribution in [2.45, 2.75) is 32.0 Å². The summed E-state index contributed by atoms with van der Waals surface area (Å²) in [6.45, 7) is 1.96.